The van der Waals surface area contributed by atoms with Crippen LogP contribution in [0.3, 0.4) is 0 Å². The van der Waals surface area contributed by atoms with Gasteiger partial charge in [0.15, 0.2) is 0 Å². The van der Waals surface area contributed by atoms with Crippen LogP contribution in [0.15, 0.2) is 41.7 Å². The van der Waals surface area contributed by atoms with Crippen LogP contribution in [0.4, 0.5) is 8.78 Å². The summed E-state index contributed by atoms with van der Waals surface area (Å²) >= 11 is 0.362. The Morgan fingerprint density at radius 3 is 2.89 bits per heavy atom. The highest BCUT2D eigenvalue weighted by Crippen LogP contribution is 2.28. The lowest BCUT2D eigenvalue weighted by Crippen LogP contribution is -2.23. The molecule has 0 saturated carbocycles. The predicted octanol–water partition coefficient (Wildman–Crippen LogP) is 2.65. The van der Waals surface area contributed by atoms with Crippen LogP contribution in [-0.2, 0) is 6.54 Å². The molecular formula is C12H11F2N3OS. The predicted molar refractivity (Wildman–Crippen MR) is 68.1 cm³/mol. The number of nitrogens with zero attached hydrogens (tertiary/aromatic N) is 1. The number of alkyl halides is 2. The van der Waals surface area contributed by atoms with Gasteiger partial charge in [-0.25, -0.2) is 4.98 Å². The number of halogens is 2. The normalized spacial score (nSPS) is 10.7. The van der Waals surface area contributed by atoms with Crippen molar-refractivity contribution in [2.24, 2.45) is 0 Å². The Labute approximate surface area is 112 Å². The second-order valence-corrected chi connectivity index (χ2v) is 4.67. The molecule has 0 bridgehead atoms. The van der Waals surface area contributed by atoms with Crippen molar-refractivity contribution in [3.05, 3.63) is 48.0 Å². The Balaban J connectivity index is 2.06. The topological polar surface area (TPSA) is 57.8 Å². The van der Waals surface area contributed by atoms with Gasteiger partial charge in [-0.05, 0) is 12.1 Å². The molecule has 0 unspecified atom stereocenters. The molecule has 0 aliphatic heterocycles. The molecule has 1 heterocycles. The number of carbonyl (C=O) groups is 1. The van der Waals surface area contributed by atoms with E-state index in [2.05, 4.69) is 15.3 Å². The van der Waals surface area contributed by atoms with E-state index in [9.17, 15) is 13.6 Å². The molecule has 0 fully saturated rings. The third-order valence-corrected chi connectivity index (χ3v) is 3.13. The van der Waals surface area contributed by atoms with Crippen molar-refractivity contribution in [1.82, 2.24) is 15.3 Å². The van der Waals surface area contributed by atoms with Crippen molar-refractivity contribution < 1.29 is 13.6 Å². The zero-order chi connectivity index (χ0) is 13.7. The van der Waals surface area contributed by atoms with Crippen LogP contribution in [0.5, 0.6) is 0 Å². The zero-order valence-electron chi connectivity index (χ0n) is 9.77. The zero-order valence-corrected chi connectivity index (χ0v) is 10.6. The monoisotopic (exact) mass is 283 g/mol. The second kappa shape index (κ2) is 6.33. The highest BCUT2D eigenvalue weighted by molar-refractivity contribution is 7.99. The van der Waals surface area contributed by atoms with Crippen molar-refractivity contribution in [1.29, 1.82) is 0 Å². The fraction of sp³-hybridized carbons (Fsp3) is 0.167. The van der Waals surface area contributed by atoms with Gasteiger partial charge in [-0.2, -0.15) is 8.78 Å². The molecule has 0 aliphatic rings. The third kappa shape index (κ3) is 3.78. The minimum Gasteiger partial charge on any atom is -0.347 e. The molecule has 19 heavy (non-hydrogen) atoms. The molecule has 0 radical (unpaired) electrons. The number of aromatic amines is 1. The van der Waals surface area contributed by atoms with Crippen molar-refractivity contribution >= 4 is 17.7 Å². The fourth-order valence-electron chi connectivity index (χ4n) is 1.51. The number of hydrogen-bond acceptors (Lipinski definition) is 3. The van der Waals surface area contributed by atoms with Gasteiger partial charge in [-0.3, -0.25) is 4.79 Å². The largest absolute Gasteiger partial charge is 0.347 e. The minimum atomic E-state index is -2.55. The number of amides is 1. The van der Waals surface area contributed by atoms with Crippen molar-refractivity contribution in [3.8, 4) is 0 Å². The molecule has 100 valence electrons. The van der Waals surface area contributed by atoms with Crippen molar-refractivity contribution in [2.45, 2.75) is 17.2 Å². The maximum absolute atomic E-state index is 12.4. The van der Waals surface area contributed by atoms with Crippen molar-refractivity contribution in [3.63, 3.8) is 0 Å². The number of benzene rings is 1. The van der Waals surface area contributed by atoms with E-state index < -0.39 is 11.7 Å². The first-order valence-corrected chi connectivity index (χ1v) is 6.34. The van der Waals surface area contributed by atoms with Crippen LogP contribution >= 0.6 is 11.8 Å². The smallest absolute Gasteiger partial charge is 0.288 e. The Morgan fingerprint density at radius 1 is 1.42 bits per heavy atom. The van der Waals surface area contributed by atoms with Gasteiger partial charge in [0.25, 0.3) is 11.7 Å². The Hall–Kier alpha value is -1.89. The van der Waals surface area contributed by atoms with Crippen LogP contribution in [0.1, 0.15) is 16.1 Å². The van der Waals surface area contributed by atoms with E-state index in [-0.39, 0.29) is 17.0 Å². The van der Waals surface area contributed by atoms with Gasteiger partial charge >= 0.3 is 0 Å². The molecule has 2 rings (SSSR count). The fourth-order valence-corrected chi connectivity index (χ4v) is 2.14. The van der Waals surface area contributed by atoms with Crippen LogP contribution in [0.2, 0.25) is 0 Å². The van der Waals surface area contributed by atoms with Gasteiger partial charge < -0.3 is 10.3 Å². The molecule has 2 aromatic rings. The number of H-pyrrole nitrogens is 1. The summed E-state index contributed by atoms with van der Waals surface area (Å²) in [6.07, 6.45) is 3.09. The molecule has 0 spiro atoms. The van der Waals surface area contributed by atoms with E-state index in [4.69, 9.17) is 0 Å². The van der Waals surface area contributed by atoms with Crippen LogP contribution < -0.4 is 5.32 Å². The summed E-state index contributed by atoms with van der Waals surface area (Å²) in [5, 5.41) is 2.65. The summed E-state index contributed by atoms with van der Waals surface area (Å²) < 4.78 is 24.8. The summed E-state index contributed by atoms with van der Waals surface area (Å²) in [5.41, 5.74) is 0.986. The molecule has 0 aliphatic carbocycles. The highest BCUT2D eigenvalue weighted by atomic mass is 32.2. The van der Waals surface area contributed by atoms with Crippen LogP contribution in [0, 0.1) is 0 Å². The van der Waals surface area contributed by atoms with Crippen LogP contribution in [-0.4, -0.2) is 21.6 Å². The summed E-state index contributed by atoms with van der Waals surface area (Å²) in [6, 6.07) is 6.28. The van der Waals surface area contributed by atoms with Crippen LogP contribution in [0.25, 0.3) is 0 Å². The average molecular weight is 283 g/mol. The Kier molecular flexibility index (Phi) is 4.51. The molecule has 1 aromatic heterocycles. The van der Waals surface area contributed by atoms with E-state index in [0.717, 1.165) is 5.69 Å². The molecule has 7 heteroatoms. The summed E-state index contributed by atoms with van der Waals surface area (Å²) in [4.78, 5) is 18.9. The first-order valence-electron chi connectivity index (χ1n) is 5.46. The van der Waals surface area contributed by atoms with E-state index >= 15 is 0 Å². The lowest BCUT2D eigenvalue weighted by Gasteiger charge is -2.08. The second-order valence-electron chi connectivity index (χ2n) is 3.63. The Bertz CT molecular complexity index is 546. The minimum absolute atomic E-state index is 0.243. The van der Waals surface area contributed by atoms with Gasteiger partial charge in [-0.1, -0.05) is 23.9 Å². The summed E-state index contributed by atoms with van der Waals surface area (Å²) in [7, 11) is 0. The third-order valence-electron chi connectivity index (χ3n) is 2.34. The standard InChI is InChI=1S/C12H11F2N3OS/c13-12(14)19-10-4-2-1-3-9(10)11(18)16-6-8-5-15-7-17-8/h1-5,7,12H,6H2,(H,15,17)(H,16,18). The Morgan fingerprint density at radius 2 is 2.21 bits per heavy atom. The van der Waals surface area contributed by atoms with Crippen molar-refractivity contribution in [2.75, 3.05) is 0 Å². The van der Waals surface area contributed by atoms with Gasteiger partial charge in [-0.15, -0.1) is 0 Å². The highest BCUT2D eigenvalue weighted by Gasteiger charge is 2.14. The maximum atomic E-state index is 12.4. The van der Waals surface area contributed by atoms with Gasteiger partial charge in [0, 0.05) is 11.1 Å². The lowest BCUT2D eigenvalue weighted by atomic mass is 10.2. The number of imidazole rings is 1. The molecule has 2 N–H and O–H groups in total. The summed E-state index contributed by atoms with van der Waals surface area (Å²) in [6.45, 7) is 0.270. The molecule has 1 amide bonds. The van der Waals surface area contributed by atoms with E-state index in [1.165, 1.54) is 18.5 Å². The number of nitrogens with one attached hydrogen (secondary N) is 2. The molecule has 0 saturated heterocycles. The SMILES string of the molecule is O=C(NCc1cnc[nH]1)c1ccccc1SC(F)F. The van der Waals surface area contributed by atoms with Gasteiger partial charge in [0.1, 0.15) is 0 Å². The molecule has 1 aromatic carbocycles. The number of hydrogen-bond donors (Lipinski definition) is 2. The van der Waals surface area contributed by atoms with Gasteiger partial charge in [0.05, 0.1) is 24.1 Å². The molecule has 4 nitrogen and oxygen atoms in total. The quantitative estimate of drug-likeness (QED) is 0.829. The first kappa shape index (κ1) is 13.5. The van der Waals surface area contributed by atoms with E-state index in [1.54, 1.807) is 18.3 Å². The molecular weight excluding hydrogens is 272 g/mol. The number of rotatable bonds is 5. The number of carbonyl (C=O) groups excluding carboxylic acids is 1. The average Bonchev–Trinajstić information content (AvgIpc) is 2.89. The lowest BCUT2D eigenvalue weighted by molar-refractivity contribution is 0.0947. The number of thioether (sulfide) groups is 1. The maximum Gasteiger partial charge on any atom is 0.288 e. The number of aromatic nitrogens is 2. The van der Waals surface area contributed by atoms with E-state index in [1.807, 2.05) is 0 Å². The first-order chi connectivity index (χ1) is 9.16. The molecule has 0 atom stereocenters. The van der Waals surface area contributed by atoms with Gasteiger partial charge in [0.2, 0.25) is 0 Å². The summed E-state index contributed by atoms with van der Waals surface area (Å²) in [5.74, 6) is -2.94. The van der Waals surface area contributed by atoms with E-state index in [0.29, 0.717) is 11.8 Å².